The smallest absolute Gasteiger partial charge is 0.342 e. The highest BCUT2D eigenvalue weighted by atomic mass is 19.4. The molecule has 0 N–H and O–H groups in total. The van der Waals surface area contributed by atoms with Crippen LogP contribution < -0.4 is 0 Å². The van der Waals surface area contributed by atoms with Crippen molar-refractivity contribution in [1.29, 1.82) is 5.26 Å². The standard InChI is InChI=1S/C16H17F3N2O/c1-15(11-20)6-8-21(9-7-15)14(22)10-12-4-2-3-5-13(12)16(17,18)19/h2-5H,6-10H2,1H3. The SMILES string of the molecule is CC1(C#N)CCN(C(=O)Cc2ccccc2C(F)(F)F)CC1. The maximum atomic E-state index is 12.9. The molecule has 6 heteroatoms. The average Bonchev–Trinajstić information content (AvgIpc) is 2.47. The minimum absolute atomic E-state index is 0.00591. The lowest BCUT2D eigenvalue weighted by atomic mass is 9.82. The number of hydrogen-bond donors (Lipinski definition) is 0. The molecule has 0 radical (unpaired) electrons. The van der Waals surface area contributed by atoms with Gasteiger partial charge in [-0.15, -0.1) is 0 Å². The number of amides is 1. The van der Waals surface area contributed by atoms with Crippen molar-refractivity contribution in [3.63, 3.8) is 0 Å². The molecule has 1 saturated heterocycles. The van der Waals surface area contributed by atoms with Crippen molar-refractivity contribution in [2.24, 2.45) is 5.41 Å². The molecule has 0 atom stereocenters. The van der Waals surface area contributed by atoms with E-state index >= 15 is 0 Å². The van der Waals surface area contributed by atoms with Crippen LogP contribution >= 0.6 is 0 Å². The van der Waals surface area contributed by atoms with Crippen molar-refractivity contribution in [3.05, 3.63) is 35.4 Å². The number of halogens is 3. The molecule has 1 aromatic carbocycles. The zero-order valence-corrected chi connectivity index (χ0v) is 12.3. The highest BCUT2D eigenvalue weighted by Gasteiger charge is 2.35. The lowest BCUT2D eigenvalue weighted by molar-refractivity contribution is -0.138. The van der Waals surface area contributed by atoms with E-state index in [4.69, 9.17) is 5.26 Å². The van der Waals surface area contributed by atoms with Gasteiger partial charge in [0.15, 0.2) is 0 Å². The Bertz CT molecular complexity index is 596. The van der Waals surface area contributed by atoms with Crippen LogP contribution in [-0.2, 0) is 17.4 Å². The molecule has 0 spiro atoms. The highest BCUT2D eigenvalue weighted by molar-refractivity contribution is 5.79. The number of piperidine rings is 1. The van der Waals surface area contributed by atoms with Crippen LogP contribution in [0.4, 0.5) is 13.2 Å². The van der Waals surface area contributed by atoms with Crippen LogP contribution in [-0.4, -0.2) is 23.9 Å². The van der Waals surface area contributed by atoms with Crippen molar-refractivity contribution in [2.75, 3.05) is 13.1 Å². The van der Waals surface area contributed by atoms with Crippen LogP contribution in [0.25, 0.3) is 0 Å². The van der Waals surface area contributed by atoms with Crippen LogP contribution in [0.15, 0.2) is 24.3 Å². The number of rotatable bonds is 2. The first-order valence-electron chi connectivity index (χ1n) is 7.09. The van der Waals surface area contributed by atoms with Gasteiger partial charge in [-0.25, -0.2) is 0 Å². The van der Waals surface area contributed by atoms with E-state index in [1.54, 1.807) is 4.90 Å². The van der Waals surface area contributed by atoms with Gasteiger partial charge in [0.05, 0.1) is 23.5 Å². The van der Waals surface area contributed by atoms with Crippen molar-refractivity contribution in [3.8, 4) is 6.07 Å². The number of alkyl halides is 3. The van der Waals surface area contributed by atoms with Crippen LogP contribution in [0.1, 0.15) is 30.9 Å². The summed E-state index contributed by atoms with van der Waals surface area (Å²) in [6.07, 6.45) is -3.62. The maximum absolute atomic E-state index is 12.9. The summed E-state index contributed by atoms with van der Waals surface area (Å²) in [5, 5.41) is 9.06. The van der Waals surface area contributed by atoms with Crippen LogP contribution in [0, 0.1) is 16.7 Å². The Morgan fingerprint density at radius 1 is 1.32 bits per heavy atom. The number of hydrogen-bond acceptors (Lipinski definition) is 2. The fraction of sp³-hybridized carbons (Fsp3) is 0.500. The monoisotopic (exact) mass is 310 g/mol. The van der Waals surface area contributed by atoms with Gasteiger partial charge in [0.1, 0.15) is 0 Å². The second kappa shape index (κ2) is 5.99. The first kappa shape index (κ1) is 16.3. The molecule has 1 heterocycles. The Balaban J connectivity index is 2.07. The number of benzene rings is 1. The second-order valence-electron chi connectivity index (χ2n) is 5.88. The molecular weight excluding hydrogens is 293 g/mol. The van der Waals surface area contributed by atoms with Gasteiger partial charge in [-0.3, -0.25) is 4.79 Å². The predicted molar refractivity (Wildman–Crippen MR) is 74.7 cm³/mol. The summed E-state index contributed by atoms with van der Waals surface area (Å²) in [6, 6.07) is 7.38. The van der Waals surface area contributed by atoms with E-state index in [1.807, 2.05) is 6.92 Å². The van der Waals surface area contributed by atoms with E-state index in [2.05, 4.69) is 6.07 Å². The first-order chi connectivity index (χ1) is 10.2. The molecule has 1 aromatic rings. The average molecular weight is 310 g/mol. The quantitative estimate of drug-likeness (QED) is 0.840. The van der Waals surface area contributed by atoms with Crippen molar-refractivity contribution < 1.29 is 18.0 Å². The third kappa shape index (κ3) is 3.59. The summed E-state index contributed by atoms with van der Waals surface area (Å²) in [6.45, 7) is 2.67. The van der Waals surface area contributed by atoms with Crippen molar-refractivity contribution >= 4 is 5.91 Å². The molecule has 0 saturated carbocycles. The number of nitriles is 1. The van der Waals surface area contributed by atoms with E-state index in [-0.39, 0.29) is 17.9 Å². The van der Waals surface area contributed by atoms with Gasteiger partial charge < -0.3 is 4.90 Å². The second-order valence-corrected chi connectivity index (χ2v) is 5.88. The van der Waals surface area contributed by atoms with E-state index < -0.39 is 17.2 Å². The lowest BCUT2D eigenvalue weighted by Gasteiger charge is -2.35. The molecule has 1 amide bonds. The molecule has 3 nitrogen and oxygen atoms in total. The molecular formula is C16H17F3N2O. The summed E-state index contributed by atoms with van der Waals surface area (Å²) in [4.78, 5) is 13.8. The minimum atomic E-state index is -4.46. The Morgan fingerprint density at radius 3 is 2.45 bits per heavy atom. The predicted octanol–water partition coefficient (Wildman–Crippen LogP) is 3.40. The zero-order valence-electron chi connectivity index (χ0n) is 12.3. The third-order valence-corrected chi connectivity index (χ3v) is 4.15. The normalized spacial score (nSPS) is 17.9. The molecule has 0 unspecified atom stereocenters. The van der Waals surface area contributed by atoms with Gasteiger partial charge in [0.2, 0.25) is 5.91 Å². The Morgan fingerprint density at radius 2 is 1.91 bits per heavy atom. The Hall–Kier alpha value is -2.03. The number of carbonyl (C=O) groups excluding carboxylic acids is 1. The molecule has 1 aliphatic rings. The molecule has 118 valence electrons. The van der Waals surface area contributed by atoms with Gasteiger partial charge in [-0.05, 0) is 31.4 Å². The molecule has 2 rings (SSSR count). The molecule has 22 heavy (non-hydrogen) atoms. The summed E-state index contributed by atoms with van der Waals surface area (Å²) in [7, 11) is 0. The fourth-order valence-corrected chi connectivity index (χ4v) is 2.59. The van der Waals surface area contributed by atoms with Gasteiger partial charge in [0.25, 0.3) is 0 Å². The summed E-state index contributed by atoms with van der Waals surface area (Å²) in [5.74, 6) is -0.323. The third-order valence-electron chi connectivity index (χ3n) is 4.15. The van der Waals surface area contributed by atoms with Crippen molar-refractivity contribution in [1.82, 2.24) is 4.90 Å². The maximum Gasteiger partial charge on any atom is 0.416 e. The summed E-state index contributed by atoms with van der Waals surface area (Å²) < 4.78 is 38.8. The number of nitrogens with zero attached hydrogens (tertiary/aromatic N) is 2. The van der Waals surface area contributed by atoms with Gasteiger partial charge in [-0.2, -0.15) is 18.4 Å². The Kier molecular flexibility index (Phi) is 4.45. The summed E-state index contributed by atoms with van der Waals surface area (Å²) in [5.41, 5.74) is -1.21. The first-order valence-corrected chi connectivity index (χ1v) is 7.09. The van der Waals surface area contributed by atoms with E-state index in [0.29, 0.717) is 25.9 Å². The highest BCUT2D eigenvalue weighted by Crippen LogP contribution is 2.33. The number of carbonyl (C=O) groups is 1. The lowest BCUT2D eigenvalue weighted by Crippen LogP contribution is -2.42. The van der Waals surface area contributed by atoms with E-state index in [0.717, 1.165) is 6.07 Å². The summed E-state index contributed by atoms with van der Waals surface area (Å²) >= 11 is 0. The Labute approximate surface area is 127 Å². The van der Waals surface area contributed by atoms with Crippen molar-refractivity contribution in [2.45, 2.75) is 32.4 Å². The molecule has 0 bridgehead atoms. The number of likely N-dealkylation sites (tertiary alicyclic amines) is 1. The van der Waals surface area contributed by atoms with Crippen LogP contribution in [0.5, 0.6) is 0 Å². The zero-order chi connectivity index (χ0) is 16.4. The van der Waals surface area contributed by atoms with Crippen LogP contribution in [0.2, 0.25) is 0 Å². The molecule has 1 fully saturated rings. The van der Waals surface area contributed by atoms with E-state index in [1.165, 1.54) is 18.2 Å². The van der Waals surface area contributed by atoms with Gasteiger partial charge in [0, 0.05) is 13.1 Å². The van der Waals surface area contributed by atoms with E-state index in [9.17, 15) is 18.0 Å². The topological polar surface area (TPSA) is 44.1 Å². The molecule has 0 aliphatic carbocycles. The molecule has 0 aromatic heterocycles. The van der Waals surface area contributed by atoms with Gasteiger partial charge >= 0.3 is 6.18 Å². The molecule has 1 aliphatic heterocycles. The van der Waals surface area contributed by atoms with Crippen LogP contribution in [0.3, 0.4) is 0 Å². The minimum Gasteiger partial charge on any atom is -0.342 e. The fourth-order valence-electron chi connectivity index (χ4n) is 2.59. The largest absolute Gasteiger partial charge is 0.416 e. The van der Waals surface area contributed by atoms with Gasteiger partial charge in [-0.1, -0.05) is 18.2 Å².